The second-order valence-corrected chi connectivity index (χ2v) is 5.51. The lowest BCUT2D eigenvalue weighted by Crippen LogP contribution is -2.10. The van der Waals surface area contributed by atoms with E-state index in [1.807, 2.05) is 0 Å². The molecule has 8 nitrogen and oxygen atoms in total. The molecular weight excluding hydrogens is 360 g/mol. The Morgan fingerprint density at radius 1 is 0.964 bits per heavy atom. The summed E-state index contributed by atoms with van der Waals surface area (Å²) in [7, 11) is 1.52. The molecule has 0 unspecified atom stereocenters. The highest BCUT2D eigenvalue weighted by Crippen LogP contribution is 2.18. The Morgan fingerprint density at radius 3 is 2.43 bits per heavy atom. The molecule has 0 aliphatic rings. The molecule has 3 rings (SSSR count). The molecule has 140 valence electrons. The minimum atomic E-state index is -0.550. The van der Waals surface area contributed by atoms with E-state index in [4.69, 9.17) is 9.57 Å². The zero-order valence-corrected chi connectivity index (χ0v) is 14.9. The summed E-state index contributed by atoms with van der Waals surface area (Å²) in [6.45, 7) is 0. The Morgan fingerprint density at radius 2 is 1.71 bits per heavy atom. The van der Waals surface area contributed by atoms with E-state index in [9.17, 15) is 9.59 Å². The Bertz CT molecular complexity index is 989. The van der Waals surface area contributed by atoms with E-state index in [0.29, 0.717) is 28.3 Å². The van der Waals surface area contributed by atoms with Crippen LogP contribution >= 0.6 is 0 Å². The number of pyridine rings is 1. The zero-order chi connectivity index (χ0) is 19.8. The summed E-state index contributed by atoms with van der Waals surface area (Å²) in [6.07, 6.45) is 3.02. The minimum Gasteiger partial charge on any atom is -0.497 e. The molecule has 8 heteroatoms. The van der Waals surface area contributed by atoms with Gasteiger partial charge in [-0.3, -0.25) is 9.78 Å². The summed E-state index contributed by atoms with van der Waals surface area (Å²) in [4.78, 5) is 32.8. The molecule has 1 aromatic heterocycles. The van der Waals surface area contributed by atoms with E-state index in [1.54, 1.807) is 60.7 Å². The van der Waals surface area contributed by atoms with Crippen LogP contribution in [0.25, 0.3) is 0 Å². The molecule has 0 fully saturated rings. The molecule has 28 heavy (non-hydrogen) atoms. The van der Waals surface area contributed by atoms with E-state index in [-0.39, 0.29) is 0 Å². The number of aromatic nitrogens is 1. The van der Waals surface area contributed by atoms with E-state index >= 15 is 0 Å². The third-order valence-corrected chi connectivity index (χ3v) is 3.62. The van der Waals surface area contributed by atoms with Crippen molar-refractivity contribution in [2.24, 2.45) is 10.2 Å². The highest BCUT2D eigenvalue weighted by molar-refractivity contribution is 5.94. The molecule has 0 saturated carbocycles. The van der Waals surface area contributed by atoms with Crippen molar-refractivity contribution in [1.29, 1.82) is 0 Å². The molecule has 0 radical (unpaired) electrons. The van der Waals surface area contributed by atoms with Gasteiger partial charge in [0.25, 0.3) is 5.91 Å². The van der Waals surface area contributed by atoms with Crippen molar-refractivity contribution in [1.82, 2.24) is 4.98 Å². The van der Waals surface area contributed by atoms with Crippen LogP contribution < -0.4 is 10.2 Å². The van der Waals surface area contributed by atoms with Gasteiger partial charge in [-0.2, -0.15) is 0 Å². The van der Waals surface area contributed by atoms with Gasteiger partial charge in [-0.15, -0.1) is 10.2 Å². The topological polar surface area (TPSA) is 102 Å². The van der Waals surface area contributed by atoms with Crippen molar-refractivity contribution in [2.45, 2.75) is 0 Å². The van der Waals surface area contributed by atoms with Gasteiger partial charge < -0.3 is 9.57 Å². The van der Waals surface area contributed by atoms with Gasteiger partial charge in [-0.25, -0.2) is 10.3 Å². The maximum atomic E-state index is 12.0. The third-order valence-electron chi connectivity index (χ3n) is 3.62. The molecular formula is C20H16N4O4. The summed E-state index contributed by atoms with van der Waals surface area (Å²) < 4.78 is 5.07. The summed E-state index contributed by atoms with van der Waals surface area (Å²) in [5.41, 5.74) is 4.34. The van der Waals surface area contributed by atoms with Crippen LogP contribution in [-0.2, 0) is 4.84 Å². The number of benzene rings is 2. The number of rotatable bonds is 6. The number of carbonyl (C=O) groups is 2. The normalized spacial score (nSPS) is 10.5. The smallest absolute Gasteiger partial charge is 0.362 e. The first-order valence-corrected chi connectivity index (χ1v) is 8.23. The van der Waals surface area contributed by atoms with Crippen LogP contribution in [0.3, 0.4) is 0 Å². The predicted octanol–water partition coefficient (Wildman–Crippen LogP) is 4.20. The maximum Gasteiger partial charge on any atom is 0.362 e. The van der Waals surface area contributed by atoms with Crippen molar-refractivity contribution in [3.05, 3.63) is 84.2 Å². The lowest BCUT2D eigenvalue weighted by molar-refractivity contribution is 0.0596. The number of methoxy groups -OCH3 is 1. The fourth-order valence-corrected chi connectivity index (χ4v) is 2.17. The molecule has 0 atom stereocenters. The Balaban J connectivity index is 1.56. The summed E-state index contributed by atoms with van der Waals surface area (Å²) in [6, 6.07) is 16.3. The van der Waals surface area contributed by atoms with Gasteiger partial charge in [-0.05, 0) is 54.6 Å². The van der Waals surface area contributed by atoms with Crippen LogP contribution in [0.5, 0.6) is 5.75 Å². The summed E-state index contributed by atoms with van der Waals surface area (Å²) >= 11 is 0. The average molecular weight is 376 g/mol. The van der Waals surface area contributed by atoms with Crippen molar-refractivity contribution in [3.63, 3.8) is 0 Å². The molecule has 0 spiro atoms. The van der Waals surface area contributed by atoms with E-state index in [1.165, 1.54) is 19.5 Å². The fourth-order valence-electron chi connectivity index (χ4n) is 2.17. The highest BCUT2D eigenvalue weighted by atomic mass is 16.7. The van der Waals surface area contributed by atoms with Crippen molar-refractivity contribution >= 4 is 23.3 Å². The number of nitrogens with one attached hydrogen (secondary N) is 1. The number of nitrogens with zero attached hydrogens (tertiary/aromatic N) is 3. The van der Waals surface area contributed by atoms with Gasteiger partial charge in [0.2, 0.25) is 0 Å². The monoisotopic (exact) mass is 376 g/mol. The van der Waals surface area contributed by atoms with Crippen LogP contribution in [0.4, 0.5) is 11.4 Å². The van der Waals surface area contributed by atoms with Crippen LogP contribution in [0, 0.1) is 0 Å². The summed E-state index contributed by atoms with van der Waals surface area (Å²) in [5.74, 6) is -0.451. The largest absolute Gasteiger partial charge is 0.497 e. The standard InChI is InChI=1S/C20H16N4O4/c1-27-18-4-2-3-15(13-18)20(26)28-24-17-7-5-16(6-8-17)22-23-19(25)14-9-11-21-12-10-14/h2-13,24H,1H3. The summed E-state index contributed by atoms with van der Waals surface area (Å²) in [5, 5.41) is 7.56. The predicted molar refractivity (Wildman–Crippen MR) is 102 cm³/mol. The van der Waals surface area contributed by atoms with Gasteiger partial charge >= 0.3 is 5.97 Å². The number of hydrogen-bond acceptors (Lipinski definition) is 7. The number of hydrogen-bond donors (Lipinski definition) is 1. The zero-order valence-electron chi connectivity index (χ0n) is 14.9. The number of ether oxygens (including phenoxy) is 1. The first kappa shape index (κ1) is 18.7. The van der Waals surface area contributed by atoms with E-state index in [0.717, 1.165) is 0 Å². The molecule has 1 heterocycles. The highest BCUT2D eigenvalue weighted by Gasteiger charge is 2.09. The van der Waals surface area contributed by atoms with Gasteiger partial charge in [0.1, 0.15) is 5.75 Å². The van der Waals surface area contributed by atoms with Crippen LogP contribution in [0.2, 0.25) is 0 Å². The molecule has 0 saturated heterocycles. The molecule has 0 bridgehead atoms. The van der Waals surface area contributed by atoms with Crippen LogP contribution in [0.1, 0.15) is 20.7 Å². The molecule has 3 aromatic rings. The fraction of sp³-hybridized carbons (Fsp3) is 0.0500. The second-order valence-electron chi connectivity index (χ2n) is 5.51. The SMILES string of the molecule is COc1cccc(C(=O)ONc2ccc(N=NC(=O)c3ccncc3)cc2)c1. The van der Waals surface area contributed by atoms with Gasteiger partial charge in [0.15, 0.2) is 0 Å². The third kappa shape index (κ3) is 4.98. The van der Waals surface area contributed by atoms with Gasteiger partial charge in [-0.1, -0.05) is 6.07 Å². The molecule has 0 aliphatic heterocycles. The Hall–Kier alpha value is -4.07. The van der Waals surface area contributed by atoms with Gasteiger partial charge in [0, 0.05) is 18.0 Å². The number of carbonyl (C=O) groups excluding carboxylic acids is 2. The minimum absolute atomic E-state index is 0.354. The quantitative estimate of drug-likeness (QED) is 0.511. The Labute approximate surface area is 160 Å². The lowest BCUT2D eigenvalue weighted by atomic mass is 10.2. The van der Waals surface area contributed by atoms with Crippen LogP contribution in [0.15, 0.2) is 83.3 Å². The van der Waals surface area contributed by atoms with E-state index < -0.39 is 11.9 Å². The lowest BCUT2D eigenvalue weighted by Gasteiger charge is -2.07. The second kappa shape index (κ2) is 9.04. The number of azo groups is 1. The van der Waals surface area contributed by atoms with Crippen molar-refractivity contribution in [3.8, 4) is 5.75 Å². The van der Waals surface area contributed by atoms with Crippen molar-refractivity contribution < 1.29 is 19.2 Å². The molecule has 0 aliphatic carbocycles. The molecule has 1 N–H and O–H groups in total. The molecule has 2 aromatic carbocycles. The number of amides is 1. The average Bonchev–Trinajstić information content (AvgIpc) is 2.77. The first-order chi connectivity index (χ1) is 13.7. The van der Waals surface area contributed by atoms with Crippen molar-refractivity contribution in [2.75, 3.05) is 12.6 Å². The Kier molecular flexibility index (Phi) is 6.04. The van der Waals surface area contributed by atoms with Crippen LogP contribution in [-0.4, -0.2) is 24.0 Å². The first-order valence-electron chi connectivity index (χ1n) is 8.23. The van der Waals surface area contributed by atoms with E-state index in [2.05, 4.69) is 20.7 Å². The molecule has 1 amide bonds. The number of anilines is 1. The van der Waals surface area contributed by atoms with Gasteiger partial charge in [0.05, 0.1) is 24.0 Å². The maximum absolute atomic E-state index is 12.0.